The first kappa shape index (κ1) is 26.8. The molecule has 0 spiro atoms. The predicted molar refractivity (Wildman–Crippen MR) is 140 cm³/mol. The zero-order valence-electron chi connectivity index (χ0n) is 22.0. The number of unbranched alkanes of at least 4 members (excludes halogenated alkanes) is 2. The second-order valence-corrected chi connectivity index (χ2v) is 9.79. The van der Waals surface area contributed by atoms with Gasteiger partial charge in [-0.1, -0.05) is 51.0 Å². The molecule has 4 rings (SSSR count). The second kappa shape index (κ2) is 12.3. The van der Waals surface area contributed by atoms with Gasteiger partial charge in [-0.2, -0.15) is 0 Å². The highest BCUT2D eigenvalue weighted by molar-refractivity contribution is 5.79. The Balaban J connectivity index is 1.70. The van der Waals surface area contributed by atoms with Crippen LogP contribution in [0.2, 0.25) is 0 Å². The van der Waals surface area contributed by atoms with Gasteiger partial charge in [0, 0.05) is 31.1 Å². The van der Waals surface area contributed by atoms with E-state index >= 15 is 0 Å². The topological polar surface area (TPSA) is 88.5 Å². The zero-order chi connectivity index (χ0) is 26.4. The first-order valence-corrected chi connectivity index (χ1v) is 13.3. The highest BCUT2D eigenvalue weighted by atomic mass is 16.7. The average molecular weight is 511 g/mol. The van der Waals surface area contributed by atoms with Gasteiger partial charge in [-0.05, 0) is 36.6 Å². The maximum atomic E-state index is 13.6. The first-order valence-electron chi connectivity index (χ1n) is 13.3. The molecule has 3 atom stereocenters. The van der Waals surface area contributed by atoms with Crippen molar-refractivity contribution in [1.29, 1.82) is 0 Å². The molecule has 0 saturated carbocycles. The molecule has 0 bridgehead atoms. The van der Waals surface area contributed by atoms with Crippen LogP contribution in [0.4, 0.5) is 0 Å². The number of carbonyl (C=O) groups excluding carboxylic acids is 1. The van der Waals surface area contributed by atoms with Gasteiger partial charge in [0.05, 0.1) is 25.6 Å². The van der Waals surface area contributed by atoms with Crippen molar-refractivity contribution >= 4 is 11.9 Å². The highest BCUT2D eigenvalue weighted by Crippen LogP contribution is 2.49. The van der Waals surface area contributed by atoms with Gasteiger partial charge < -0.3 is 24.2 Å². The Kier molecular flexibility index (Phi) is 8.92. The number of ether oxygens (including phenoxy) is 3. The van der Waals surface area contributed by atoms with Crippen LogP contribution in [0, 0.1) is 5.92 Å². The minimum atomic E-state index is -0.901. The van der Waals surface area contributed by atoms with Gasteiger partial charge in [0.1, 0.15) is 5.75 Å². The van der Waals surface area contributed by atoms with Crippen LogP contribution in [0.15, 0.2) is 42.5 Å². The molecule has 8 nitrogen and oxygen atoms in total. The summed E-state index contributed by atoms with van der Waals surface area (Å²) in [7, 11) is 1.59. The van der Waals surface area contributed by atoms with E-state index in [0.717, 1.165) is 49.9 Å². The monoisotopic (exact) mass is 510 g/mol. The number of likely N-dealkylation sites (tertiary alicyclic amines) is 1. The van der Waals surface area contributed by atoms with E-state index in [-0.39, 0.29) is 25.2 Å². The molecule has 2 aromatic rings. The summed E-state index contributed by atoms with van der Waals surface area (Å²) >= 11 is 0. The van der Waals surface area contributed by atoms with Gasteiger partial charge in [0.25, 0.3) is 0 Å². The number of para-hydroxylation sites is 1. The summed E-state index contributed by atoms with van der Waals surface area (Å²) in [6, 6.07) is 12.6. The Labute approximate surface area is 219 Å². The fourth-order valence-corrected chi connectivity index (χ4v) is 5.49. The molecular formula is C29H38N2O6. The number of carbonyl (C=O) groups is 2. The van der Waals surface area contributed by atoms with E-state index < -0.39 is 17.9 Å². The predicted octanol–water partition coefficient (Wildman–Crippen LogP) is 4.69. The van der Waals surface area contributed by atoms with E-state index in [1.54, 1.807) is 7.11 Å². The summed E-state index contributed by atoms with van der Waals surface area (Å²) < 4.78 is 16.7. The second-order valence-electron chi connectivity index (χ2n) is 9.79. The lowest BCUT2D eigenvalue weighted by Gasteiger charge is -2.30. The van der Waals surface area contributed by atoms with Crippen LogP contribution in [0.5, 0.6) is 17.2 Å². The number of carboxylic acid groups (broad SMARTS) is 1. The van der Waals surface area contributed by atoms with Crippen molar-refractivity contribution in [3.8, 4) is 17.2 Å². The number of methoxy groups -OCH3 is 1. The fraction of sp³-hybridized carbons (Fsp3) is 0.517. The summed E-state index contributed by atoms with van der Waals surface area (Å²) in [6.45, 7) is 6.41. The molecule has 2 aliphatic heterocycles. The standard InChI is InChI=1S/C29H38N2O6/c1-4-6-14-30(15-7-5-2)26(32)18-31-17-22(20-12-13-24-25(16-20)37-19-36-24)27(29(33)34)28(31)21-10-8-9-11-23(21)35-3/h8-13,16,22,27-28H,4-7,14-15,17-19H2,1-3H3,(H,33,34). The molecule has 1 N–H and O–H groups in total. The van der Waals surface area contributed by atoms with Crippen LogP contribution in [0.3, 0.4) is 0 Å². The number of benzene rings is 2. The van der Waals surface area contributed by atoms with Gasteiger partial charge >= 0.3 is 5.97 Å². The Morgan fingerprint density at radius 1 is 1.05 bits per heavy atom. The molecule has 1 amide bonds. The van der Waals surface area contributed by atoms with Crippen LogP contribution in [-0.2, 0) is 9.59 Å². The molecule has 200 valence electrons. The lowest BCUT2D eigenvalue weighted by molar-refractivity contribution is -0.144. The van der Waals surface area contributed by atoms with E-state index in [1.807, 2.05) is 52.3 Å². The minimum absolute atomic E-state index is 0.0391. The van der Waals surface area contributed by atoms with Gasteiger partial charge in [-0.3, -0.25) is 14.5 Å². The number of rotatable bonds is 12. The van der Waals surface area contributed by atoms with Gasteiger partial charge in [-0.15, -0.1) is 0 Å². The number of fused-ring (bicyclic) bond motifs is 1. The van der Waals surface area contributed by atoms with Crippen molar-refractivity contribution in [2.45, 2.75) is 51.5 Å². The molecule has 37 heavy (non-hydrogen) atoms. The molecule has 3 unspecified atom stereocenters. The van der Waals surface area contributed by atoms with Crippen molar-refractivity contribution in [2.75, 3.05) is 40.1 Å². The highest BCUT2D eigenvalue weighted by Gasteiger charge is 2.49. The molecule has 2 aliphatic rings. The Morgan fingerprint density at radius 2 is 1.76 bits per heavy atom. The van der Waals surface area contributed by atoms with Crippen LogP contribution in [0.25, 0.3) is 0 Å². The lowest BCUT2D eigenvalue weighted by Crippen LogP contribution is -2.42. The van der Waals surface area contributed by atoms with Crippen LogP contribution < -0.4 is 14.2 Å². The molecule has 8 heteroatoms. The maximum Gasteiger partial charge on any atom is 0.309 e. The van der Waals surface area contributed by atoms with Crippen molar-refractivity contribution in [3.05, 3.63) is 53.6 Å². The number of aliphatic carboxylic acids is 1. The third kappa shape index (κ3) is 5.85. The fourth-order valence-electron chi connectivity index (χ4n) is 5.49. The summed E-state index contributed by atoms with van der Waals surface area (Å²) in [6.07, 6.45) is 3.92. The largest absolute Gasteiger partial charge is 0.496 e. The van der Waals surface area contributed by atoms with Gasteiger partial charge in [-0.25, -0.2) is 0 Å². The molecule has 1 fully saturated rings. The molecule has 0 aliphatic carbocycles. The third-order valence-electron chi connectivity index (χ3n) is 7.42. The van der Waals surface area contributed by atoms with Crippen molar-refractivity contribution in [2.24, 2.45) is 5.92 Å². The molecule has 0 radical (unpaired) electrons. The Hall–Kier alpha value is -3.26. The van der Waals surface area contributed by atoms with Gasteiger partial charge in [0.15, 0.2) is 11.5 Å². The first-order chi connectivity index (χ1) is 18.0. The molecule has 2 heterocycles. The third-order valence-corrected chi connectivity index (χ3v) is 7.42. The van der Waals surface area contributed by atoms with Crippen LogP contribution in [0.1, 0.15) is 62.6 Å². The van der Waals surface area contributed by atoms with Crippen LogP contribution in [-0.4, -0.2) is 66.9 Å². The van der Waals surface area contributed by atoms with E-state index in [9.17, 15) is 14.7 Å². The molecule has 2 aromatic carbocycles. The van der Waals surface area contributed by atoms with Crippen LogP contribution >= 0.6 is 0 Å². The quantitative estimate of drug-likeness (QED) is 0.443. The lowest BCUT2D eigenvalue weighted by atomic mass is 9.82. The van der Waals surface area contributed by atoms with E-state index in [2.05, 4.69) is 13.8 Å². The Morgan fingerprint density at radius 3 is 2.43 bits per heavy atom. The van der Waals surface area contributed by atoms with Crippen molar-refractivity contribution < 1.29 is 28.9 Å². The minimum Gasteiger partial charge on any atom is -0.496 e. The SMILES string of the molecule is CCCCN(CCCC)C(=O)CN1CC(c2ccc3c(c2)OCO3)C(C(=O)O)C1c1ccccc1OC. The number of hydrogen-bond acceptors (Lipinski definition) is 6. The summed E-state index contributed by atoms with van der Waals surface area (Å²) in [5, 5.41) is 10.5. The Bertz CT molecular complexity index is 1080. The van der Waals surface area contributed by atoms with E-state index in [4.69, 9.17) is 14.2 Å². The van der Waals surface area contributed by atoms with Crippen molar-refractivity contribution in [1.82, 2.24) is 9.80 Å². The van der Waals surface area contributed by atoms with E-state index in [1.165, 1.54) is 0 Å². The summed E-state index contributed by atoms with van der Waals surface area (Å²) in [4.78, 5) is 30.4. The normalized spacial score (nSPS) is 20.7. The van der Waals surface area contributed by atoms with Crippen molar-refractivity contribution in [3.63, 3.8) is 0 Å². The molecule has 1 saturated heterocycles. The molecular weight excluding hydrogens is 472 g/mol. The smallest absolute Gasteiger partial charge is 0.309 e. The summed E-state index contributed by atoms with van der Waals surface area (Å²) in [5.41, 5.74) is 1.64. The maximum absolute atomic E-state index is 13.6. The van der Waals surface area contributed by atoms with E-state index in [0.29, 0.717) is 23.8 Å². The molecule has 0 aromatic heterocycles. The number of amides is 1. The summed E-state index contributed by atoms with van der Waals surface area (Å²) in [5.74, 6) is -0.0747. The average Bonchev–Trinajstić information content (AvgIpc) is 3.53. The van der Waals surface area contributed by atoms with Gasteiger partial charge in [0.2, 0.25) is 12.7 Å². The number of nitrogens with zero attached hydrogens (tertiary/aromatic N) is 2. The number of carboxylic acids is 1. The zero-order valence-corrected chi connectivity index (χ0v) is 22.0. The number of hydrogen-bond donors (Lipinski definition) is 1.